The van der Waals surface area contributed by atoms with Gasteiger partial charge in [-0.2, -0.15) is 0 Å². The zero-order valence-electron chi connectivity index (χ0n) is 14.5. The number of carbonyl (C=O) groups is 1. The summed E-state index contributed by atoms with van der Waals surface area (Å²) in [6, 6.07) is 18.8. The van der Waals surface area contributed by atoms with Crippen LogP contribution in [0.25, 0.3) is 10.9 Å². The molecular formula is C22H25N2O+. The van der Waals surface area contributed by atoms with Gasteiger partial charge in [0.15, 0.2) is 0 Å². The molecule has 0 spiro atoms. The number of benzene rings is 2. The molecule has 0 atom stereocenters. The molecule has 3 nitrogen and oxygen atoms in total. The summed E-state index contributed by atoms with van der Waals surface area (Å²) in [6.45, 7) is 2.82. The van der Waals surface area contributed by atoms with E-state index in [-0.39, 0.29) is 5.78 Å². The molecule has 1 aliphatic rings. The lowest BCUT2D eigenvalue weighted by atomic mass is 9.90. The van der Waals surface area contributed by atoms with Crippen LogP contribution < -0.4 is 4.90 Å². The lowest BCUT2D eigenvalue weighted by Crippen LogP contribution is -3.14. The molecule has 1 fully saturated rings. The number of quaternary nitrogens is 1. The number of hydrogen-bond acceptors (Lipinski definition) is 1. The standard InChI is InChI=1S/C22H24N2O/c25-22(20-15-23-21-9-5-4-8-19(20)21)16-24-12-10-18(11-13-24)14-17-6-2-1-3-7-17/h1-9,15,18,23H,10-14,16H2/p+1. The normalized spacial score (nSPS) is 20.6. The number of ketones is 1. The van der Waals surface area contributed by atoms with Gasteiger partial charge in [-0.25, -0.2) is 0 Å². The van der Waals surface area contributed by atoms with Crippen LogP contribution in [0.3, 0.4) is 0 Å². The van der Waals surface area contributed by atoms with E-state index in [2.05, 4.69) is 35.3 Å². The second-order valence-electron chi connectivity index (χ2n) is 7.23. The molecule has 2 heterocycles. The number of fused-ring (bicyclic) bond motifs is 1. The van der Waals surface area contributed by atoms with Crippen LogP contribution in [0.15, 0.2) is 60.8 Å². The molecule has 1 aliphatic heterocycles. The van der Waals surface area contributed by atoms with Crippen LogP contribution in [0, 0.1) is 5.92 Å². The van der Waals surface area contributed by atoms with Gasteiger partial charge in [-0.3, -0.25) is 4.79 Å². The number of carbonyl (C=O) groups excluding carboxylic acids is 1. The molecule has 0 saturated carbocycles. The van der Waals surface area contributed by atoms with Crippen LogP contribution in [-0.2, 0) is 6.42 Å². The molecule has 0 aliphatic carbocycles. The Labute approximate surface area is 148 Å². The molecule has 25 heavy (non-hydrogen) atoms. The van der Waals surface area contributed by atoms with E-state index in [0.717, 1.165) is 35.5 Å². The van der Waals surface area contributed by atoms with Gasteiger partial charge in [0, 0.05) is 22.7 Å². The number of Topliss-reactive ketones (excluding diaryl/α,β-unsaturated/α-hetero) is 1. The molecule has 0 amide bonds. The minimum Gasteiger partial charge on any atom is -0.360 e. The van der Waals surface area contributed by atoms with Gasteiger partial charge < -0.3 is 9.88 Å². The predicted molar refractivity (Wildman–Crippen MR) is 101 cm³/mol. The second-order valence-corrected chi connectivity index (χ2v) is 7.23. The van der Waals surface area contributed by atoms with Gasteiger partial charge in [0.25, 0.3) is 0 Å². The number of nitrogens with one attached hydrogen (secondary N) is 2. The second kappa shape index (κ2) is 7.24. The minimum atomic E-state index is 0.258. The van der Waals surface area contributed by atoms with Gasteiger partial charge in [-0.1, -0.05) is 48.5 Å². The van der Waals surface area contributed by atoms with E-state index in [1.54, 1.807) is 0 Å². The Hall–Kier alpha value is -2.39. The van der Waals surface area contributed by atoms with Gasteiger partial charge in [0.05, 0.1) is 13.1 Å². The van der Waals surface area contributed by atoms with Crippen LogP contribution in [0.4, 0.5) is 0 Å². The molecule has 4 rings (SSSR count). The summed E-state index contributed by atoms with van der Waals surface area (Å²) in [5.41, 5.74) is 3.32. The van der Waals surface area contributed by atoms with Crippen molar-refractivity contribution in [2.24, 2.45) is 5.92 Å². The number of aromatic nitrogens is 1. The summed E-state index contributed by atoms with van der Waals surface area (Å²) in [5, 5.41) is 1.05. The van der Waals surface area contributed by atoms with Gasteiger partial charge in [0.2, 0.25) is 5.78 Å². The Morgan fingerprint density at radius 3 is 2.52 bits per heavy atom. The molecule has 2 aromatic carbocycles. The number of piperidine rings is 1. The van der Waals surface area contributed by atoms with E-state index < -0.39 is 0 Å². The van der Waals surface area contributed by atoms with Crippen LogP contribution in [0.5, 0.6) is 0 Å². The van der Waals surface area contributed by atoms with Crippen molar-refractivity contribution < 1.29 is 9.69 Å². The Balaban J connectivity index is 1.33. The quantitative estimate of drug-likeness (QED) is 0.692. The van der Waals surface area contributed by atoms with Gasteiger partial charge in [-0.05, 0) is 36.8 Å². The highest BCUT2D eigenvalue weighted by Gasteiger charge is 2.25. The fourth-order valence-corrected chi connectivity index (χ4v) is 4.04. The maximum Gasteiger partial charge on any atom is 0.219 e. The predicted octanol–water partition coefficient (Wildman–Crippen LogP) is 2.89. The topological polar surface area (TPSA) is 37.3 Å². The zero-order chi connectivity index (χ0) is 17.1. The van der Waals surface area contributed by atoms with E-state index in [0.29, 0.717) is 6.54 Å². The summed E-state index contributed by atoms with van der Waals surface area (Å²) < 4.78 is 0. The smallest absolute Gasteiger partial charge is 0.219 e. The maximum atomic E-state index is 12.7. The van der Waals surface area contributed by atoms with Gasteiger partial charge >= 0.3 is 0 Å². The van der Waals surface area contributed by atoms with Crippen molar-refractivity contribution in [2.75, 3.05) is 19.6 Å². The molecule has 1 aromatic heterocycles. The third kappa shape index (κ3) is 3.67. The first-order chi connectivity index (χ1) is 12.3. The molecule has 3 heteroatoms. The highest BCUT2D eigenvalue weighted by Crippen LogP contribution is 2.18. The van der Waals surface area contributed by atoms with Crippen molar-refractivity contribution in [3.8, 4) is 0 Å². The number of aromatic amines is 1. The van der Waals surface area contributed by atoms with Gasteiger partial charge in [0.1, 0.15) is 6.54 Å². The summed E-state index contributed by atoms with van der Waals surface area (Å²) in [7, 11) is 0. The number of H-pyrrole nitrogens is 1. The fourth-order valence-electron chi connectivity index (χ4n) is 4.04. The van der Waals surface area contributed by atoms with E-state index in [4.69, 9.17) is 0 Å². The fraction of sp³-hybridized carbons (Fsp3) is 0.318. The van der Waals surface area contributed by atoms with Crippen LogP contribution in [0.1, 0.15) is 28.8 Å². The van der Waals surface area contributed by atoms with Crippen LogP contribution in [0.2, 0.25) is 0 Å². The highest BCUT2D eigenvalue weighted by molar-refractivity contribution is 6.08. The Morgan fingerprint density at radius 2 is 1.72 bits per heavy atom. The molecule has 0 bridgehead atoms. The summed E-state index contributed by atoms with van der Waals surface area (Å²) in [4.78, 5) is 17.4. The number of hydrogen-bond donors (Lipinski definition) is 2. The van der Waals surface area contributed by atoms with Crippen LogP contribution >= 0.6 is 0 Å². The zero-order valence-corrected chi connectivity index (χ0v) is 14.5. The monoisotopic (exact) mass is 333 g/mol. The lowest BCUT2D eigenvalue weighted by molar-refractivity contribution is -0.897. The van der Waals surface area contributed by atoms with E-state index in [1.165, 1.54) is 29.7 Å². The molecular weight excluding hydrogens is 308 g/mol. The third-order valence-electron chi connectivity index (χ3n) is 5.48. The highest BCUT2D eigenvalue weighted by atomic mass is 16.1. The van der Waals surface area contributed by atoms with Crippen molar-refractivity contribution in [3.63, 3.8) is 0 Å². The van der Waals surface area contributed by atoms with Crippen molar-refractivity contribution in [1.82, 2.24) is 4.98 Å². The van der Waals surface area contributed by atoms with Crippen molar-refractivity contribution in [1.29, 1.82) is 0 Å². The first-order valence-electron chi connectivity index (χ1n) is 9.26. The Kier molecular flexibility index (Phi) is 4.66. The van der Waals surface area contributed by atoms with E-state index in [1.807, 2.05) is 30.5 Å². The molecule has 128 valence electrons. The van der Waals surface area contributed by atoms with Crippen molar-refractivity contribution in [2.45, 2.75) is 19.3 Å². The lowest BCUT2D eigenvalue weighted by Gasteiger charge is -2.28. The van der Waals surface area contributed by atoms with E-state index >= 15 is 0 Å². The Bertz CT molecular complexity index is 845. The molecule has 0 radical (unpaired) electrons. The molecule has 0 unspecified atom stereocenters. The minimum absolute atomic E-state index is 0.258. The molecule has 2 N–H and O–H groups in total. The number of rotatable bonds is 5. The largest absolute Gasteiger partial charge is 0.360 e. The van der Waals surface area contributed by atoms with Crippen molar-refractivity contribution in [3.05, 3.63) is 71.9 Å². The number of likely N-dealkylation sites (tertiary alicyclic amines) is 1. The summed E-state index contributed by atoms with van der Waals surface area (Å²) >= 11 is 0. The Morgan fingerprint density at radius 1 is 1.00 bits per heavy atom. The first-order valence-corrected chi connectivity index (χ1v) is 9.26. The molecule has 3 aromatic rings. The first kappa shape index (κ1) is 16.1. The third-order valence-corrected chi connectivity index (χ3v) is 5.48. The van der Waals surface area contributed by atoms with Crippen LogP contribution in [-0.4, -0.2) is 30.4 Å². The molecule has 1 saturated heterocycles. The van der Waals surface area contributed by atoms with Crippen molar-refractivity contribution >= 4 is 16.7 Å². The SMILES string of the molecule is O=C(C[NH+]1CCC(Cc2ccccc2)CC1)c1c[nH]c2ccccc12. The summed E-state index contributed by atoms with van der Waals surface area (Å²) in [6.07, 6.45) is 5.47. The van der Waals surface area contributed by atoms with Gasteiger partial charge in [-0.15, -0.1) is 0 Å². The summed E-state index contributed by atoms with van der Waals surface area (Å²) in [5.74, 6) is 1.02. The average Bonchev–Trinajstić information content (AvgIpc) is 3.08. The van der Waals surface area contributed by atoms with E-state index in [9.17, 15) is 4.79 Å². The maximum absolute atomic E-state index is 12.7. The average molecular weight is 333 g/mol. The number of para-hydroxylation sites is 1.